The Morgan fingerprint density at radius 3 is 2.15 bits per heavy atom. The van der Waals surface area contributed by atoms with E-state index in [2.05, 4.69) is 0 Å². The van der Waals surface area contributed by atoms with Crippen molar-refractivity contribution in [3.63, 3.8) is 0 Å². The lowest BCUT2D eigenvalue weighted by molar-refractivity contribution is 0.225. The molecule has 1 unspecified atom stereocenters. The van der Waals surface area contributed by atoms with Crippen LogP contribution in [0.5, 0.6) is 0 Å². The number of rotatable bonds is 5. The van der Waals surface area contributed by atoms with Crippen LogP contribution in [0.1, 0.15) is 11.1 Å². The van der Waals surface area contributed by atoms with Crippen molar-refractivity contribution in [2.45, 2.75) is 12.8 Å². The SMILES string of the molecule is OCC(Cc1cccc(Cl)c1)Cc1ccc(Cl)c(Cl)c1. The van der Waals surface area contributed by atoms with Gasteiger partial charge in [-0.2, -0.15) is 0 Å². The molecule has 20 heavy (non-hydrogen) atoms. The molecule has 0 spiro atoms. The Balaban J connectivity index is 2.07. The van der Waals surface area contributed by atoms with Crippen molar-refractivity contribution in [2.24, 2.45) is 5.92 Å². The van der Waals surface area contributed by atoms with Gasteiger partial charge in [0.05, 0.1) is 10.0 Å². The van der Waals surface area contributed by atoms with Gasteiger partial charge in [0.1, 0.15) is 0 Å². The molecular weight excluding hydrogens is 315 g/mol. The third-order valence-electron chi connectivity index (χ3n) is 3.18. The van der Waals surface area contributed by atoms with Gasteiger partial charge in [-0.1, -0.05) is 53.0 Å². The quantitative estimate of drug-likeness (QED) is 0.814. The first-order valence-electron chi connectivity index (χ1n) is 6.37. The smallest absolute Gasteiger partial charge is 0.0595 e. The van der Waals surface area contributed by atoms with Crippen molar-refractivity contribution >= 4 is 34.8 Å². The molecule has 1 N–H and O–H groups in total. The second-order valence-electron chi connectivity index (χ2n) is 4.84. The standard InChI is InChI=1S/C16H15Cl3O/c17-14-3-1-2-11(8-14)6-13(10-20)7-12-4-5-15(18)16(19)9-12/h1-5,8-9,13,20H,6-7,10H2. The van der Waals surface area contributed by atoms with Crippen LogP contribution in [0.4, 0.5) is 0 Å². The predicted molar refractivity (Wildman–Crippen MR) is 85.9 cm³/mol. The maximum atomic E-state index is 9.55. The maximum Gasteiger partial charge on any atom is 0.0595 e. The highest BCUT2D eigenvalue weighted by molar-refractivity contribution is 6.42. The molecule has 0 bridgehead atoms. The summed E-state index contributed by atoms with van der Waals surface area (Å²) in [5, 5.41) is 11.4. The van der Waals surface area contributed by atoms with Gasteiger partial charge < -0.3 is 5.11 Å². The van der Waals surface area contributed by atoms with E-state index in [1.54, 1.807) is 6.07 Å². The molecule has 4 heteroatoms. The van der Waals surface area contributed by atoms with Gasteiger partial charge in [-0.15, -0.1) is 0 Å². The molecule has 0 saturated carbocycles. The van der Waals surface area contributed by atoms with E-state index >= 15 is 0 Å². The summed E-state index contributed by atoms with van der Waals surface area (Å²) in [5.41, 5.74) is 2.19. The molecule has 1 atom stereocenters. The summed E-state index contributed by atoms with van der Waals surface area (Å²) >= 11 is 17.9. The topological polar surface area (TPSA) is 20.2 Å². The number of halogens is 3. The van der Waals surface area contributed by atoms with Crippen molar-refractivity contribution in [3.8, 4) is 0 Å². The predicted octanol–water partition coefficient (Wildman–Crippen LogP) is 5.04. The van der Waals surface area contributed by atoms with E-state index in [1.165, 1.54) is 0 Å². The van der Waals surface area contributed by atoms with Crippen molar-refractivity contribution in [1.29, 1.82) is 0 Å². The summed E-state index contributed by atoms with van der Waals surface area (Å²) < 4.78 is 0. The van der Waals surface area contributed by atoms with Crippen LogP contribution in [0.15, 0.2) is 42.5 Å². The molecule has 0 aromatic heterocycles. The Labute approximate surface area is 134 Å². The number of hydrogen-bond donors (Lipinski definition) is 1. The van der Waals surface area contributed by atoms with Gasteiger partial charge in [0.15, 0.2) is 0 Å². The van der Waals surface area contributed by atoms with Gasteiger partial charge in [0, 0.05) is 11.6 Å². The van der Waals surface area contributed by atoms with Crippen LogP contribution in [0.3, 0.4) is 0 Å². The normalized spacial score (nSPS) is 12.4. The zero-order valence-electron chi connectivity index (χ0n) is 10.8. The molecule has 0 amide bonds. The van der Waals surface area contributed by atoms with E-state index in [1.807, 2.05) is 36.4 Å². The highest BCUT2D eigenvalue weighted by atomic mass is 35.5. The van der Waals surface area contributed by atoms with Gasteiger partial charge in [-0.25, -0.2) is 0 Å². The Bertz CT molecular complexity index is 584. The van der Waals surface area contributed by atoms with Gasteiger partial charge in [-0.05, 0) is 54.2 Å². The van der Waals surface area contributed by atoms with E-state index in [0.717, 1.165) is 24.0 Å². The average Bonchev–Trinajstić information content (AvgIpc) is 2.42. The third kappa shape index (κ3) is 4.39. The lowest BCUT2D eigenvalue weighted by Gasteiger charge is -2.15. The van der Waals surface area contributed by atoms with Crippen LogP contribution in [0.2, 0.25) is 15.1 Å². The number of aliphatic hydroxyl groups excluding tert-OH is 1. The van der Waals surface area contributed by atoms with Gasteiger partial charge in [0.2, 0.25) is 0 Å². The van der Waals surface area contributed by atoms with E-state index in [9.17, 15) is 5.11 Å². The molecule has 0 fully saturated rings. The summed E-state index contributed by atoms with van der Waals surface area (Å²) in [7, 11) is 0. The second kappa shape index (κ2) is 7.33. The second-order valence-corrected chi connectivity index (χ2v) is 6.09. The zero-order chi connectivity index (χ0) is 14.5. The fraction of sp³-hybridized carbons (Fsp3) is 0.250. The van der Waals surface area contributed by atoms with Crippen molar-refractivity contribution in [2.75, 3.05) is 6.61 Å². The summed E-state index contributed by atoms with van der Waals surface area (Å²) in [6.07, 6.45) is 1.53. The van der Waals surface area contributed by atoms with E-state index < -0.39 is 0 Å². The number of benzene rings is 2. The average molecular weight is 330 g/mol. The zero-order valence-corrected chi connectivity index (χ0v) is 13.1. The Morgan fingerprint density at radius 1 is 0.850 bits per heavy atom. The highest BCUT2D eigenvalue weighted by Gasteiger charge is 2.11. The molecule has 0 saturated heterocycles. The van der Waals surface area contributed by atoms with Crippen molar-refractivity contribution in [1.82, 2.24) is 0 Å². The minimum absolute atomic E-state index is 0.118. The molecule has 0 heterocycles. The molecule has 106 valence electrons. The van der Waals surface area contributed by atoms with Crippen LogP contribution in [-0.4, -0.2) is 11.7 Å². The van der Waals surface area contributed by atoms with Crippen molar-refractivity contribution in [3.05, 3.63) is 68.7 Å². The first kappa shape index (κ1) is 15.7. The molecule has 0 aliphatic rings. The molecule has 1 nitrogen and oxygen atoms in total. The minimum Gasteiger partial charge on any atom is -0.396 e. The molecule has 2 rings (SSSR count). The fourth-order valence-electron chi connectivity index (χ4n) is 2.20. The fourth-order valence-corrected chi connectivity index (χ4v) is 2.73. The van der Waals surface area contributed by atoms with E-state index in [-0.39, 0.29) is 12.5 Å². The van der Waals surface area contributed by atoms with Crippen LogP contribution >= 0.6 is 34.8 Å². The molecular formula is C16H15Cl3O. The highest BCUT2D eigenvalue weighted by Crippen LogP contribution is 2.25. The Hall–Kier alpha value is -0.730. The summed E-state index contributed by atoms with van der Waals surface area (Å²) in [5.74, 6) is 0.130. The van der Waals surface area contributed by atoms with Crippen LogP contribution < -0.4 is 0 Å². The number of hydrogen-bond acceptors (Lipinski definition) is 1. The number of aliphatic hydroxyl groups is 1. The van der Waals surface area contributed by atoms with E-state index in [4.69, 9.17) is 34.8 Å². The summed E-state index contributed by atoms with van der Waals surface area (Å²) in [6.45, 7) is 0.118. The van der Waals surface area contributed by atoms with Crippen molar-refractivity contribution < 1.29 is 5.11 Å². The maximum absolute atomic E-state index is 9.55. The molecule has 2 aromatic rings. The van der Waals surface area contributed by atoms with Gasteiger partial charge >= 0.3 is 0 Å². The lowest BCUT2D eigenvalue weighted by Crippen LogP contribution is -2.13. The first-order chi connectivity index (χ1) is 9.58. The summed E-state index contributed by atoms with van der Waals surface area (Å²) in [4.78, 5) is 0. The van der Waals surface area contributed by atoms with Crippen LogP contribution in [0, 0.1) is 5.92 Å². The first-order valence-corrected chi connectivity index (χ1v) is 7.51. The largest absolute Gasteiger partial charge is 0.396 e. The molecule has 0 aliphatic heterocycles. The van der Waals surface area contributed by atoms with E-state index in [0.29, 0.717) is 15.1 Å². The molecule has 0 radical (unpaired) electrons. The van der Waals surface area contributed by atoms with Crippen LogP contribution in [-0.2, 0) is 12.8 Å². The van der Waals surface area contributed by atoms with Gasteiger partial charge in [-0.3, -0.25) is 0 Å². The third-order valence-corrected chi connectivity index (χ3v) is 4.15. The van der Waals surface area contributed by atoms with Crippen LogP contribution in [0.25, 0.3) is 0 Å². The molecule has 0 aliphatic carbocycles. The molecule has 2 aromatic carbocycles. The monoisotopic (exact) mass is 328 g/mol. The Kier molecular flexibility index (Phi) is 5.74. The lowest BCUT2D eigenvalue weighted by atomic mass is 9.93. The Morgan fingerprint density at radius 2 is 1.55 bits per heavy atom. The minimum atomic E-state index is 0.118. The van der Waals surface area contributed by atoms with Gasteiger partial charge in [0.25, 0.3) is 0 Å². The summed E-state index contributed by atoms with van der Waals surface area (Å²) in [6, 6.07) is 13.3.